The summed E-state index contributed by atoms with van der Waals surface area (Å²) >= 11 is 0. The summed E-state index contributed by atoms with van der Waals surface area (Å²) in [6.07, 6.45) is 1.76. The lowest BCUT2D eigenvalue weighted by atomic mass is 10.1. The van der Waals surface area contributed by atoms with Crippen LogP contribution >= 0.6 is 0 Å². The van der Waals surface area contributed by atoms with Crippen molar-refractivity contribution >= 4 is 22.9 Å². The van der Waals surface area contributed by atoms with Crippen LogP contribution < -0.4 is 10.6 Å². The van der Waals surface area contributed by atoms with Gasteiger partial charge in [0, 0.05) is 23.1 Å². The molecule has 0 radical (unpaired) electrons. The molecular formula is C16H14N2O. The standard InChI is InChI=1S/C16H14N2O/c1-11-7-8-13-14(16(19)18-15(13)9-11)10-17-12-5-3-2-4-6-12/h2-10,17H,1H3,(H,18,19)/b14-10-. The van der Waals surface area contributed by atoms with E-state index in [1.807, 2.05) is 55.5 Å². The number of aryl methyl sites for hydroxylation is 1. The van der Waals surface area contributed by atoms with Crippen LogP contribution in [0.25, 0.3) is 5.57 Å². The number of amides is 1. The zero-order valence-electron chi connectivity index (χ0n) is 10.6. The number of anilines is 2. The van der Waals surface area contributed by atoms with Gasteiger partial charge in [0.1, 0.15) is 0 Å². The summed E-state index contributed by atoms with van der Waals surface area (Å²) in [7, 11) is 0. The molecule has 0 saturated heterocycles. The van der Waals surface area contributed by atoms with Crippen LogP contribution in [0, 0.1) is 6.92 Å². The fourth-order valence-electron chi connectivity index (χ4n) is 2.14. The molecule has 1 aliphatic heterocycles. The van der Waals surface area contributed by atoms with Crippen LogP contribution in [0.1, 0.15) is 11.1 Å². The number of rotatable bonds is 2. The van der Waals surface area contributed by atoms with Gasteiger partial charge in [0.2, 0.25) is 0 Å². The van der Waals surface area contributed by atoms with Crippen LogP contribution in [-0.2, 0) is 4.79 Å². The van der Waals surface area contributed by atoms with Gasteiger partial charge >= 0.3 is 0 Å². The van der Waals surface area contributed by atoms with Crippen molar-refractivity contribution < 1.29 is 4.79 Å². The second-order valence-electron chi connectivity index (χ2n) is 4.57. The lowest BCUT2D eigenvalue weighted by molar-refractivity contribution is -0.110. The van der Waals surface area contributed by atoms with E-state index in [9.17, 15) is 4.79 Å². The van der Waals surface area contributed by atoms with Crippen molar-refractivity contribution in [2.24, 2.45) is 0 Å². The van der Waals surface area contributed by atoms with Gasteiger partial charge in [-0.2, -0.15) is 0 Å². The summed E-state index contributed by atoms with van der Waals surface area (Å²) in [6, 6.07) is 15.7. The van der Waals surface area contributed by atoms with Gasteiger partial charge in [-0.25, -0.2) is 0 Å². The SMILES string of the molecule is Cc1ccc2c(c1)NC(=O)/C2=C\Nc1ccccc1. The Balaban J connectivity index is 1.92. The van der Waals surface area contributed by atoms with E-state index >= 15 is 0 Å². The Bertz CT molecular complexity index is 660. The normalized spacial score (nSPS) is 15.2. The van der Waals surface area contributed by atoms with E-state index in [0.717, 1.165) is 22.5 Å². The molecule has 1 aliphatic rings. The van der Waals surface area contributed by atoms with Gasteiger partial charge in [-0.05, 0) is 30.7 Å². The second kappa shape index (κ2) is 4.61. The van der Waals surface area contributed by atoms with Crippen molar-refractivity contribution in [3.63, 3.8) is 0 Å². The minimum atomic E-state index is -0.0657. The summed E-state index contributed by atoms with van der Waals surface area (Å²) in [5.74, 6) is -0.0657. The highest BCUT2D eigenvalue weighted by Gasteiger charge is 2.23. The highest BCUT2D eigenvalue weighted by atomic mass is 16.2. The number of hydrogen-bond donors (Lipinski definition) is 2. The van der Waals surface area contributed by atoms with E-state index in [1.54, 1.807) is 6.20 Å². The number of nitrogens with one attached hydrogen (secondary N) is 2. The van der Waals surface area contributed by atoms with Crippen molar-refractivity contribution in [2.75, 3.05) is 10.6 Å². The molecule has 0 fully saturated rings. The molecule has 0 aliphatic carbocycles. The number of fused-ring (bicyclic) bond motifs is 1. The summed E-state index contributed by atoms with van der Waals surface area (Å²) < 4.78 is 0. The molecule has 3 rings (SSSR count). The summed E-state index contributed by atoms with van der Waals surface area (Å²) in [4.78, 5) is 11.9. The number of carbonyl (C=O) groups excluding carboxylic acids is 1. The van der Waals surface area contributed by atoms with Crippen molar-refractivity contribution in [3.8, 4) is 0 Å². The molecule has 0 aromatic heterocycles. The third-order valence-corrected chi connectivity index (χ3v) is 3.12. The van der Waals surface area contributed by atoms with Gasteiger partial charge in [0.25, 0.3) is 5.91 Å². The first-order valence-electron chi connectivity index (χ1n) is 6.18. The number of benzene rings is 2. The largest absolute Gasteiger partial charge is 0.361 e. The summed E-state index contributed by atoms with van der Waals surface area (Å²) in [6.45, 7) is 2.01. The molecule has 3 nitrogen and oxygen atoms in total. The van der Waals surface area contributed by atoms with Crippen molar-refractivity contribution in [2.45, 2.75) is 6.92 Å². The third kappa shape index (κ3) is 2.22. The first-order chi connectivity index (χ1) is 9.24. The Morgan fingerprint density at radius 2 is 1.89 bits per heavy atom. The molecule has 0 saturated carbocycles. The van der Waals surface area contributed by atoms with Gasteiger partial charge in [-0.1, -0.05) is 30.3 Å². The molecule has 0 spiro atoms. The minimum absolute atomic E-state index is 0.0657. The van der Waals surface area contributed by atoms with E-state index in [0.29, 0.717) is 5.57 Å². The highest BCUT2D eigenvalue weighted by Crippen LogP contribution is 2.32. The van der Waals surface area contributed by atoms with Gasteiger partial charge in [-0.3, -0.25) is 4.79 Å². The molecule has 2 N–H and O–H groups in total. The lowest BCUT2D eigenvalue weighted by Crippen LogP contribution is -2.05. The monoisotopic (exact) mass is 250 g/mol. The fraction of sp³-hybridized carbons (Fsp3) is 0.0625. The molecule has 2 aromatic carbocycles. The molecule has 1 heterocycles. The first kappa shape index (κ1) is 11.5. The number of hydrogen-bond acceptors (Lipinski definition) is 2. The van der Waals surface area contributed by atoms with Crippen LogP contribution in [0.2, 0.25) is 0 Å². The Morgan fingerprint density at radius 3 is 2.68 bits per heavy atom. The quantitative estimate of drug-likeness (QED) is 0.802. The fourth-order valence-corrected chi connectivity index (χ4v) is 2.14. The van der Waals surface area contributed by atoms with E-state index in [2.05, 4.69) is 10.6 Å². The Kier molecular flexibility index (Phi) is 2.80. The Labute approximate surface area is 112 Å². The van der Waals surface area contributed by atoms with Gasteiger partial charge in [0.05, 0.1) is 5.57 Å². The van der Waals surface area contributed by atoms with Gasteiger partial charge in [0.15, 0.2) is 0 Å². The van der Waals surface area contributed by atoms with Crippen LogP contribution in [0.3, 0.4) is 0 Å². The number of carbonyl (C=O) groups is 1. The van der Waals surface area contributed by atoms with Crippen LogP contribution in [0.5, 0.6) is 0 Å². The summed E-state index contributed by atoms with van der Waals surface area (Å²) in [5.41, 5.74) is 4.59. The third-order valence-electron chi connectivity index (χ3n) is 3.12. The number of para-hydroxylation sites is 1. The molecule has 0 unspecified atom stereocenters. The van der Waals surface area contributed by atoms with Crippen molar-refractivity contribution in [3.05, 3.63) is 65.9 Å². The zero-order valence-corrected chi connectivity index (χ0v) is 10.6. The van der Waals surface area contributed by atoms with E-state index in [-0.39, 0.29) is 5.91 Å². The molecule has 0 atom stereocenters. The molecular weight excluding hydrogens is 236 g/mol. The lowest BCUT2D eigenvalue weighted by Gasteiger charge is -2.02. The molecule has 3 heteroatoms. The molecule has 2 aromatic rings. The highest BCUT2D eigenvalue weighted by molar-refractivity contribution is 6.31. The average Bonchev–Trinajstić information content (AvgIpc) is 2.72. The molecule has 19 heavy (non-hydrogen) atoms. The Hall–Kier alpha value is -2.55. The second-order valence-corrected chi connectivity index (χ2v) is 4.57. The first-order valence-corrected chi connectivity index (χ1v) is 6.18. The predicted octanol–water partition coefficient (Wildman–Crippen LogP) is 3.40. The van der Waals surface area contributed by atoms with Crippen molar-refractivity contribution in [1.82, 2.24) is 0 Å². The Morgan fingerprint density at radius 1 is 1.11 bits per heavy atom. The van der Waals surface area contributed by atoms with Crippen LogP contribution in [0.15, 0.2) is 54.7 Å². The van der Waals surface area contributed by atoms with Crippen molar-refractivity contribution in [1.29, 1.82) is 0 Å². The van der Waals surface area contributed by atoms with E-state index in [1.165, 1.54) is 0 Å². The van der Waals surface area contributed by atoms with E-state index in [4.69, 9.17) is 0 Å². The summed E-state index contributed by atoms with van der Waals surface area (Å²) in [5, 5.41) is 6.03. The maximum atomic E-state index is 11.9. The maximum Gasteiger partial charge on any atom is 0.257 e. The van der Waals surface area contributed by atoms with E-state index < -0.39 is 0 Å². The van der Waals surface area contributed by atoms with Crippen LogP contribution in [0.4, 0.5) is 11.4 Å². The van der Waals surface area contributed by atoms with Crippen LogP contribution in [-0.4, -0.2) is 5.91 Å². The maximum absolute atomic E-state index is 11.9. The van der Waals surface area contributed by atoms with Gasteiger partial charge in [-0.15, -0.1) is 0 Å². The topological polar surface area (TPSA) is 41.1 Å². The molecule has 94 valence electrons. The molecule has 1 amide bonds. The smallest absolute Gasteiger partial charge is 0.257 e. The minimum Gasteiger partial charge on any atom is -0.361 e. The molecule has 0 bridgehead atoms. The van der Waals surface area contributed by atoms with Gasteiger partial charge < -0.3 is 10.6 Å². The zero-order chi connectivity index (χ0) is 13.2. The predicted molar refractivity (Wildman–Crippen MR) is 77.9 cm³/mol. The average molecular weight is 250 g/mol.